The Kier molecular flexibility index (Phi) is 4.39. The Hall–Kier alpha value is -1.89. The highest BCUT2D eigenvalue weighted by atomic mass is 32.1. The highest BCUT2D eigenvalue weighted by Crippen LogP contribution is 2.14. The molecule has 0 aliphatic carbocycles. The van der Waals surface area contributed by atoms with Gasteiger partial charge >= 0.3 is 6.03 Å². The van der Waals surface area contributed by atoms with Crippen molar-refractivity contribution in [3.63, 3.8) is 0 Å². The van der Waals surface area contributed by atoms with E-state index < -0.39 is 0 Å². The number of hydrogen-bond acceptors (Lipinski definition) is 5. The number of carbonyl (C=O) groups excluding carboxylic acids is 1. The predicted molar refractivity (Wildman–Crippen MR) is 76.5 cm³/mol. The van der Waals surface area contributed by atoms with Gasteiger partial charge in [0.15, 0.2) is 0 Å². The summed E-state index contributed by atoms with van der Waals surface area (Å²) in [7, 11) is 1.74. The molecule has 6 nitrogen and oxygen atoms in total. The molecule has 0 unspecified atom stereocenters. The molecule has 2 amide bonds. The Morgan fingerprint density at radius 2 is 2.20 bits per heavy atom. The number of carbonyl (C=O) groups is 1. The van der Waals surface area contributed by atoms with Crippen molar-refractivity contribution in [3.05, 3.63) is 33.1 Å². The van der Waals surface area contributed by atoms with Gasteiger partial charge in [0.1, 0.15) is 10.8 Å². The molecule has 0 radical (unpaired) electrons. The standard InChI is InChI=1S/C13H18N4O2S/c1-8-7-20-12(15-8)5-14-13(18)17(4)6-11-9(2)16-19-10(11)3/h7H,5-6H2,1-4H3,(H,14,18). The fourth-order valence-corrected chi connectivity index (χ4v) is 2.52. The summed E-state index contributed by atoms with van der Waals surface area (Å²) >= 11 is 1.54. The fraction of sp³-hybridized carbons (Fsp3) is 0.462. The first-order chi connectivity index (χ1) is 9.47. The van der Waals surface area contributed by atoms with Gasteiger partial charge in [0.2, 0.25) is 0 Å². The third-order valence-corrected chi connectivity index (χ3v) is 3.95. The molecule has 2 aromatic heterocycles. The van der Waals surface area contributed by atoms with Gasteiger partial charge in [-0.2, -0.15) is 0 Å². The third-order valence-electron chi connectivity index (χ3n) is 2.98. The molecule has 0 saturated carbocycles. The molecular formula is C13H18N4O2S. The van der Waals surface area contributed by atoms with E-state index in [1.54, 1.807) is 23.3 Å². The number of hydrogen-bond donors (Lipinski definition) is 1. The van der Waals surface area contributed by atoms with Crippen LogP contribution in [-0.2, 0) is 13.1 Å². The van der Waals surface area contributed by atoms with Crippen LogP contribution in [0.1, 0.15) is 27.7 Å². The SMILES string of the molecule is Cc1csc(CNC(=O)N(C)Cc2c(C)noc2C)n1. The van der Waals surface area contributed by atoms with Crippen molar-refractivity contribution in [2.24, 2.45) is 0 Å². The second-order valence-electron chi connectivity index (χ2n) is 4.70. The monoisotopic (exact) mass is 294 g/mol. The lowest BCUT2D eigenvalue weighted by Gasteiger charge is -2.17. The summed E-state index contributed by atoms with van der Waals surface area (Å²) < 4.78 is 5.09. The molecule has 2 rings (SSSR count). The number of thiazole rings is 1. The molecule has 20 heavy (non-hydrogen) atoms. The van der Waals surface area contributed by atoms with E-state index in [0.29, 0.717) is 13.1 Å². The van der Waals surface area contributed by atoms with Crippen molar-refractivity contribution in [1.82, 2.24) is 20.4 Å². The van der Waals surface area contributed by atoms with E-state index >= 15 is 0 Å². The molecule has 2 heterocycles. The van der Waals surface area contributed by atoms with Crippen LogP contribution in [0.25, 0.3) is 0 Å². The van der Waals surface area contributed by atoms with E-state index in [0.717, 1.165) is 27.7 Å². The van der Waals surface area contributed by atoms with Crippen molar-refractivity contribution in [2.45, 2.75) is 33.9 Å². The number of rotatable bonds is 4. The smallest absolute Gasteiger partial charge is 0.317 e. The molecule has 1 N–H and O–H groups in total. The average molecular weight is 294 g/mol. The number of nitrogens with zero attached hydrogens (tertiary/aromatic N) is 3. The molecule has 0 saturated heterocycles. The zero-order valence-corrected chi connectivity index (χ0v) is 12.9. The van der Waals surface area contributed by atoms with Crippen LogP contribution in [0.15, 0.2) is 9.90 Å². The van der Waals surface area contributed by atoms with Gasteiger partial charge < -0.3 is 14.7 Å². The van der Waals surface area contributed by atoms with E-state index in [9.17, 15) is 4.79 Å². The maximum Gasteiger partial charge on any atom is 0.317 e. The van der Waals surface area contributed by atoms with Crippen molar-refractivity contribution in [3.8, 4) is 0 Å². The van der Waals surface area contributed by atoms with E-state index in [1.165, 1.54) is 0 Å². The Labute approximate surface area is 121 Å². The van der Waals surface area contributed by atoms with Gasteiger partial charge in [0.05, 0.1) is 18.8 Å². The number of aryl methyl sites for hydroxylation is 3. The van der Waals surface area contributed by atoms with E-state index in [-0.39, 0.29) is 6.03 Å². The van der Waals surface area contributed by atoms with E-state index in [2.05, 4.69) is 15.5 Å². The second-order valence-corrected chi connectivity index (χ2v) is 5.64. The minimum atomic E-state index is -0.141. The van der Waals surface area contributed by atoms with Gasteiger partial charge in [-0.25, -0.2) is 9.78 Å². The number of amides is 2. The van der Waals surface area contributed by atoms with Crippen LogP contribution in [0, 0.1) is 20.8 Å². The summed E-state index contributed by atoms with van der Waals surface area (Å²) in [6.45, 7) is 6.58. The minimum Gasteiger partial charge on any atom is -0.361 e. The lowest BCUT2D eigenvalue weighted by atomic mass is 10.2. The summed E-state index contributed by atoms with van der Waals surface area (Å²) in [5, 5.41) is 9.60. The first-order valence-electron chi connectivity index (χ1n) is 6.29. The topological polar surface area (TPSA) is 71.3 Å². The van der Waals surface area contributed by atoms with Crippen molar-refractivity contribution < 1.29 is 9.32 Å². The largest absolute Gasteiger partial charge is 0.361 e. The normalized spacial score (nSPS) is 10.6. The molecule has 0 aliphatic heterocycles. The average Bonchev–Trinajstić information content (AvgIpc) is 2.96. The van der Waals surface area contributed by atoms with Crippen molar-refractivity contribution in [2.75, 3.05) is 7.05 Å². The van der Waals surface area contributed by atoms with Gasteiger partial charge in [0.25, 0.3) is 0 Å². The molecule has 0 atom stereocenters. The van der Waals surface area contributed by atoms with Crippen molar-refractivity contribution >= 4 is 17.4 Å². The molecular weight excluding hydrogens is 276 g/mol. The molecule has 0 aromatic carbocycles. The number of urea groups is 1. The molecule has 2 aromatic rings. The summed E-state index contributed by atoms with van der Waals surface area (Å²) in [6.07, 6.45) is 0. The Morgan fingerprint density at radius 3 is 2.75 bits per heavy atom. The molecule has 0 fully saturated rings. The third kappa shape index (κ3) is 3.36. The lowest BCUT2D eigenvalue weighted by molar-refractivity contribution is 0.206. The zero-order valence-electron chi connectivity index (χ0n) is 12.1. The minimum absolute atomic E-state index is 0.141. The molecule has 0 aliphatic rings. The van der Waals surface area contributed by atoms with Gasteiger partial charge in [-0.1, -0.05) is 5.16 Å². The van der Waals surface area contributed by atoms with Gasteiger partial charge in [0, 0.05) is 23.7 Å². The van der Waals surface area contributed by atoms with Crippen molar-refractivity contribution in [1.29, 1.82) is 0 Å². The fourth-order valence-electron chi connectivity index (χ4n) is 1.81. The first kappa shape index (κ1) is 14.5. The van der Waals surface area contributed by atoms with Crippen LogP contribution in [-0.4, -0.2) is 28.1 Å². The summed E-state index contributed by atoms with van der Waals surface area (Å²) in [4.78, 5) is 17.9. The van der Waals surface area contributed by atoms with Crippen LogP contribution in [0.4, 0.5) is 4.79 Å². The van der Waals surface area contributed by atoms with Gasteiger partial charge in [-0.05, 0) is 20.8 Å². The van der Waals surface area contributed by atoms with E-state index in [4.69, 9.17) is 4.52 Å². The van der Waals surface area contributed by atoms with Gasteiger partial charge in [-0.15, -0.1) is 11.3 Å². The predicted octanol–water partition coefficient (Wildman–Crippen LogP) is 2.40. The van der Waals surface area contributed by atoms with E-state index in [1.807, 2.05) is 26.2 Å². The molecule has 0 spiro atoms. The quantitative estimate of drug-likeness (QED) is 0.940. The zero-order chi connectivity index (χ0) is 14.7. The maximum atomic E-state index is 12.0. The highest BCUT2D eigenvalue weighted by Gasteiger charge is 2.15. The molecule has 7 heteroatoms. The number of aromatic nitrogens is 2. The summed E-state index contributed by atoms with van der Waals surface area (Å²) in [6, 6.07) is -0.141. The lowest BCUT2D eigenvalue weighted by Crippen LogP contribution is -2.36. The Bertz CT molecular complexity index is 586. The van der Waals surface area contributed by atoms with Crippen LogP contribution in [0.5, 0.6) is 0 Å². The van der Waals surface area contributed by atoms with Gasteiger partial charge in [-0.3, -0.25) is 0 Å². The summed E-state index contributed by atoms with van der Waals surface area (Å²) in [5.74, 6) is 0.748. The highest BCUT2D eigenvalue weighted by molar-refractivity contribution is 7.09. The van der Waals surface area contributed by atoms with Crippen LogP contribution >= 0.6 is 11.3 Å². The second kappa shape index (κ2) is 6.04. The molecule has 0 bridgehead atoms. The van der Waals surface area contributed by atoms with Crippen LogP contribution in [0.2, 0.25) is 0 Å². The molecule has 108 valence electrons. The Balaban J connectivity index is 1.89. The summed E-state index contributed by atoms with van der Waals surface area (Å²) in [5.41, 5.74) is 2.74. The van der Waals surface area contributed by atoms with Crippen LogP contribution in [0.3, 0.4) is 0 Å². The number of nitrogens with one attached hydrogen (secondary N) is 1. The Morgan fingerprint density at radius 1 is 1.45 bits per heavy atom. The van der Waals surface area contributed by atoms with Crippen LogP contribution < -0.4 is 5.32 Å². The first-order valence-corrected chi connectivity index (χ1v) is 7.17. The maximum absolute atomic E-state index is 12.0.